The fraction of sp³-hybridized carbons (Fsp3) is 0.487. The number of amides is 2. The lowest BCUT2D eigenvalue weighted by Crippen LogP contribution is -2.61. The van der Waals surface area contributed by atoms with Crippen molar-refractivity contribution in [3.05, 3.63) is 79.9 Å². The van der Waals surface area contributed by atoms with Crippen molar-refractivity contribution in [2.24, 2.45) is 14.1 Å². The van der Waals surface area contributed by atoms with Gasteiger partial charge in [0.05, 0.1) is 43.4 Å². The van der Waals surface area contributed by atoms with Crippen molar-refractivity contribution in [2.75, 3.05) is 53.5 Å². The number of benzene rings is 2. The Labute approximate surface area is 315 Å². The predicted molar refractivity (Wildman–Crippen MR) is 199 cm³/mol. The molecule has 2 unspecified atom stereocenters. The van der Waals surface area contributed by atoms with Gasteiger partial charge in [0.1, 0.15) is 17.5 Å². The lowest BCUT2D eigenvalue weighted by atomic mass is 9.96. The zero-order chi connectivity index (χ0) is 39.3. The summed E-state index contributed by atoms with van der Waals surface area (Å²) in [4.78, 5) is 55.7. The lowest BCUT2D eigenvalue weighted by Gasteiger charge is -2.46. The van der Waals surface area contributed by atoms with E-state index in [0.717, 1.165) is 5.56 Å². The summed E-state index contributed by atoms with van der Waals surface area (Å²) in [6.45, 7) is 4.22. The summed E-state index contributed by atoms with van der Waals surface area (Å²) in [5, 5.41) is 2.34. The highest BCUT2D eigenvalue weighted by Gasteiger charge is 2.48. The van der Waals surface area contributed by atoms with Gasteiger partial charge in [-0.05, 0) is 54.7 Å². The highest BCUT2D eigenvalue weighted by atomic mass is 19.3. The molecule has 0 aliphatic carbocycles. The largest absolute Gasteiger partial charge is 0.496 e. The molecule has 2 amide bonds. The Morgan fingerprint density at radius 2 is 1.60 bits per heavy atom. The highest BCUT2D eigenvalue weighted by molar-refractivity contribution is 6.00. The standard InChI is InChI=1S/C39H46F3N7O6/c1-23-26(20-44(2)37(52)34(23)40)25-17-30(54-4)27(31(18-25)55-5)21-47-12-11-32(39(41,42)22-47)48-15-13-46(14-16-48)19-24-7-6-8-28-35(24)45(3)38(53)49(28)29-9-10-33(50)43-36(29)51/h6-8,17-18,20,29,32H,9-16,19,21-22H2,1-5H3,(H,43,50,51). The monoisotopic (exact) mass is 765 g/mol. The van der Waals surface area contributed by atoms with Crippen LogP contribution in [0.2, 0.25) is 0 Å². The van der Waals surface area contributed by atoms with Crippen LogP contribution in [0.5, 0.6) is 11.5 Å². The molecule has 3 aliphatic heterocycles. The van der Waals surface area contributed by atoms with E-state index in [1.807, 2.05) is 17.0 Å². The van der Waals surface area contributed by atoms with Crippen LogP contribution < -0.4 is 26.0 Å². The first-order chi connectivity index (χ1) is 26.2. The van der Waals surface area contributed by atoms with Gasteiger partial charge in [-0.2, -0.15) is 0 Å². The molecule has 7 rings (SSSR count). The van der Waals surface area contributed by atoms with Crippen LogP contribution in [-0.4, -0.2) is 106 Å². The number of nitrogens with zero attached hydrogens (tertiary/aromatic N) is 6. The number of piperazine rings is 1. The smallest absolute Gasteiger partial charge is 0.329 e. The first-order valence-corrected chi connectivity index (χ1v) is 18.4. The maximum Gasteiger partial charge on any atom is 0.329 e. The molecule has 3 fully saturated rings. The first-order valence-electron chi connectivity index (χ1n) is 18.4. The molecule has 294 valence electrons. The van der Waals surface area contributed by atoms with Gasteiger partial charge in [-0.1, -0.05) is 12.1 Å². The second-order valence-corrected chi connectivity index (χ2v) is 14.8. The molecule has 0 radical (unpaired) electrons. The Morgan fingerprint density at radius 1 is 0.909 bits per heavy atom. The number of nitrogens with one attached hydrogen (secondary N) is 1. The number of fused-ring (bicyclic) bond motifs is 1. The molecular weight excluding hydrogens is 719 g/mol. The topological polar surface area (TPSA) is 123 Å². The zero-order valence-corrected chi connectivity index (χ0v) is 31.7. The summed E-state index contributed by atoms with van der Waals surface area (Å²) >= 11 is 0. The molecule has 2 atom stereocenters. The number of para-hydroxylation sites is 1. The van der Waals surface area contributed by atoms with Crippen LogP contribution >= 0.6 is 0 Å². The van der Waals surface area contributed by atoms with E-state index in [1.54, 1.807) is 36.3 Å². The number of imidazole rings is 1. The number of likely N-dealkylation sites (tertiary alicyclic amines) is 1. The third-order valence-electron chi connectivity index (χ3n) is 11.5. The first kappa shape index (κ1) is 38.3. The number of pyridine rings is 1. The van der Waals surface area contributed by atoms with Gasteiger partial charge in [0, 0.05) is 78.1 Å². The minimum absolute atomic E-state index is 0.155. The van der Waals surface area contributed by atoms with Crippen molar-refractivity contribution in [2.45, 2.75) is 57.3 Å². The average molecular weight is 766 g/mol. The van der Waals surface area contributed by atoms with E-state index in [1.165, 1.54) is 41.9 Å². The number of imide groups is 1. The van der Waals surface area contributed by atoms with Crippen molar-refractivity contribution in [3.63, 3.8) is 0 Å². The van der Waals surface area contributed by atoms with E-state index in [4.69, 9.17) is 9.47 Å². The Bertz CT molecular complexity index is 2250. The number of alkyl halides is 2. The van der Waals surface area contributed by atoms with E-state index in [2.05, 4.69) is 10.2 Å². The molecule has 2 aromatic heterocycles. The second kappa shape index (κ2) is 15.0. The Hall–Kier alpha value is -4.93. The van der Waals surface area contributed by atoms with E-state index in [9.17, 15) is 23.6 Å². The Balaban J connectivity index is 1.01. The van der Waals surface area contributed by atoms with Crippen molar-refractivity contribution in [1.82, 2.24) is 33.7 Å². The fourth-order valence-electron chi connectivity index (χ4n) is 8.53. The van der Waals surface area contributed by atoms with E-state index in [-0.39, 0.29) is 43.0 Å². The Kier molecular flexibility index (Phi) is 10.4. The second-order valence-electron chi connectivity index (χ2n) is 14.8. The van der Waals surface area contributed by atoms with Crippen molar-refractivity contribution >= 4 is 22.8 Å². The van der Waals surface area contributed by atoms with Crippen LogP contribution in [0.25, 0.3) is 22.2 Å². The number of hydrogen-bond donors (Lipinski definition) is 1. The van der Waals surface area contributed by atoms with Crippen LogP contribution in [0.15, 0.2) is 46.1 Å². The predicted octanol–water partition coefficient (Wildman–Crippen LogP) is 3.18. The van der Waals surface area contributed by atoms with E-state index < -0.39 is 41.8 Å². The number of methoxy groups -OCH3 is 2. The molecule has 3 aliphatic rings. The molecule has 2 aromatic carbocycles. The summed E-state index contributed by atoms with van der Waals surface area (Å²) in [6.07, 6.45) is 2.22. The molecule has 5 heterocycles. The third kappa shape index (κ3) is 7.06. The molecule has 1 N–H and O–H groups in total. The third-order valence-corrected chi connectivity index (χ3v) is 11.5. The van der Waals surface area contributed by atoms with Crippen molar-refractivity contribution in [1.29, 1.82) is 0 Å². The van der Waals surface area contributed by atoms with Crippen LogP contribution in [-0.2, 0) is 36.8 Å². The van der Waals surface area contributed by atoms with Crippen LogP contribution in [0.3, 0.4) is 0 Å². The number of carbonyl (C=O) groups excluding carboxylic acids is 2. The minimum Gasteiger partial charge on any atom is -0.496 e. The van der Waals surface area contributed by atoms with Crippen LogP contribution in [0.1, 0.15) is 42.0 Å². The molecule has 0 bridgehead atoms. The quantitative estimate of drug-likeness (QED) is 0.256. The number of hydrogen-bond acceptors (Lipinski definition) is 9. The van der Waals surface area contributed by atoms with Crippen LogP contribution in [0, 0.1) is 12.7 Å². The highest BCUT2D eigenvalue weighted by Crippen LogP contribution is 2.39. The molecule has 13 nitrogen and oxygen atoms in total. The molecule has 16 heteroatoms. The molecule has 0 spiro atoms. The van der Waals surface area contributed by atoms with E-state index >= 15 is 8.78 Å². The summed E-state index contributed by atoms with van der Waals surface area (Å²) in [7, 11) is 6.11. The van der Waals surface area contributed by atoms with Gasteiger partial charge in [0.2, 0.25) is 11.8 Å². The van der Waals surface area contributed by atoms with Crippen molar-refractivity contribution in [3.8, 4) is 22.6 Å². The van der Waals surface area contributed by atoms with Gasteiger partial charge >= 0.3 is 5.69 Å². The van der Waals surface area contributed by atoms with Crippen molar-refractivity contribution < 1.29 is 32.2 Å². The molecule has 0 saturated carbocycles. The summed E-state index contributed by atoms with van der Waals surface area (Å²) in [5.74, 6) is -3.86. The Morgan fingerprint density at radius 3 is 2.24 bits per heavy atom. The fourth-order valence-corrected chi connectivity index (χ4v) is 8.53. The number of rotatable bonds is 9. The van der Waals surface area contributed by atoms with Gasteiger partial charge < -0.3 is 14.0 Å². The zero-order valence-electron chi connectivity index (χ0n) is 31.7. The van der Waals surface area contributed by atoms with Gasteiger partial charge in [-0.3, -0.25) is 43.5 Å². The number of aromatic nitrogens is 3. The van der Waals surface area contributed by atoms with E-state index in [0.29, 0.717) is 78.5 Å². The average Bonchev–Trinajstić information content (AvgIpc) is 3.41. The summed E-state index contributed by atoms with van der Waals surface area (Å²) < 4.78 is 62.3. The number of piperidine rings is 2. The molecule has 3 saturated heterocycles. The lowest BCUT2D eigenvalue weighted by molar-refractivity contribution is -0.136. The summed E-state index contributed by atoms with van der Waals surface area (Å²) in [5.41, 5.74) is 2.99. The number of aryl methyl sites for hydroxylation is 2. The maximum absolute atomic E-state index is 16.0. The van der Waals surface area contributed by atoms with Gasteiger partial charge in [-0.25, -0.2) is 18.0 Å². The van der Waals surface area contributed by atoms with Crippen LogP contribution in [0.4, 0.5) is 13.2 Å². The molecular formula is C39H46F3N7O6. The maximum atomic E-state index is 16.0. The minimum atomic E-state index is -2.99. The molecule has 55 heavy (non-hydrogen) atoms. The summed E-state index contributed by atoms with van der Waals surface area (Å²) in [6, 6.07) is 7.31. The SMILES string of the molecule is COc1cc(-c2cn(C)c(=O)c(F)c2C)cc(OC)c1CN1CCC(N2CCN(Cc3cccc4c3n(C)c(=O)n4C3CCC(=O)NC3=O)CC2)C(F)(F)C1. The normalized spacial score (nSPS) is 21.2. The number of halogens is 3. The van der Waals surface area contributed by atoms with Gasteiger partial charge in [0.25, 0.3) is 11.5 Å². The van der Waals surface area contributed by atoms with Gasteiger partial charge in [0.15, 0.2) is 5.82 Å². The molecule has 4 aromatic rings. The number of carbonyl (C=O) groups is 2. The number of ether oxygens (including phenoxy) is 2. The van der Waals surface area contributed by atoms with Gasteiger partial charge in [-0.15, -0.1) is 0 Å².